The molecule has 0 amide bonds. The molecule has 0 radical (unpaired) electrons. The van der Waals surface area contributed by atoms with Gasteiger partial charge in [0.05, 0.1) is 12.4 Å². The minimum Gasteiger partial charge on any atom is -0.497 e. The van der Waals surface area contributed by atoms with Crippen molar-refractivity contribution in [2.45, 2.75) is 18.6 Å². The molecule has 5 heteroatoms. The molecule has 0 aliphatic rings. The number of nitrogens with one attached hydrogen (secondary N) is 1. The summed E-state index contributed by atoms with van der Waals surface area (Å²) in [6.45, 7) is 1.69. The summed E-state index contributed by atoms with van der Waals surface area (Å²) >= 11 is 0. The number of benzene rings is 1. The second kappa shape index (κ2) is 5.32. The van der Waals surface area contributed by atoms with E-state index in [1.165, 1.54) is 7.05 Å². The third kappa shape index (κ3) is 3.21. The number of sulfonamides is 1. The zero-order chi connectivity index (χ0) is 12.2. The van der Waals surface area contributed by atoms with Crippen molar-refractivity contribution in [1.29, 1.82) is 0 Å². The fourth-order valence-corrected chi connectivity index (χ4v) is 2.22. The summed E-state index contributed by atoms with van der Waals surface area (Å²) in [7, 11) is -0.163. The summed E-state index contributed by atoms with van der Waals surface area (Å²) in [5.41, 5.74) is 0.979. The van der Waals surface area contributed by atoms with Crippen molar-refractivity contribution in [2.24, 2.45) is 0 Å². The maximum absolute atomic E-state index is 11.5. The molecule has 0 aliphatic heterocycles. The van der Waals surface area contributed by atoms with E-state index in [9.17, 15) is 8.42 Å². The molecule has 4 nitrogen and oxygen atoms in total. The minimum absolute atomic E-state index is 0.439. The van der Waals surface area contributed by atoms with Crippen LogP contribution < -0.4 is 9.46 Å². The second-order valence-electron chi connectivity index (χ2n) is 3.61. The van der Waals surface area contributed by atoms with Crippen molar-refractivity contribution in [3.05, 3.63) is 29.8 Å². The quantitative estimate of drug-likeness (QED) is 0.844. The lowest BCUT2D eigenvalue weighted by Crippen LogP contribution is -2.30. The van der Waals surface area contributed by atoms with Crippen LogP contribution in [0, 0.1) is 0 Å². The van der Waals surface area contributed by atoms with Crippen LogP contribution in [0.25, 0.3) is 0 Å². The molecule has 1 aromatic rings. The Morgan fingerprint density at radius 2 is 1.88 bits per heavy atom. The molecule has 1 N–H and O–H groups in total. The Labute approximate surface area is 96.7 Å². The van der Waals surface area contributed by atoms with Crippen molar-refractivity contribution in [2.75, 3.05) is 14.2 Å². The number of hydrogen-bond donors (Lipinski definition) is 1. The molecule has 1 aromatic carbocycles. The van der Waals surface area contributed by atoms with Crippen molar-refractivity contribution >= 4 is 10.0 Å². The zero-order valence-corrected chi connectivity index (χ0v) is 10.5. The highest BCUT2D eigenvalue weighted by molar-refractivity contribution is 7.90. The molecule has 0 fully saturated rings. The van der Waals surface area contributed by atoms with E-state index in [4.69, 9.17) is 4.74 Å². The van der Waals surface area contributed by atoms with Gasteiger partial charge in [0, 0.05) is 0 Å². The lowest BCUT2D eigenvalue weighted by atomic mass is 10.1. The normalized spacial score (nSPS) is 13.4. The Bertz CT molecular complexity index is 425. The van der Waals surface area contributed by atoms with Crippen LogP contribution in [-0.2, 0) is 16.4 Å². The molecule has 0 saturated carbocycles. The highest BCUT2D eigenvalue weighted by Crippen LogP contribution is 2.14. The molecule has 1 rings (SSSR count). The Kier molecular flexibility index (Phi) is 4.32. The molecule has 0 aromatic heterocycles. The monoisotopic (exact) mass is 243 g/mol. The van der Waals surface area contributed by atoms with Gasteiger partial charge in [0.15, 0.2) is 0 Å². The largest absolute Gasteiger partial charge is 0.497 e. The number of methoxy groups -OCH3 is 1. The third-order valence-corrected chi connectivity index (χ3v) is 4.29. The summed E-state index contributed by atoms with van der Waals surface area (Å²) in [6, 6.07) is 7.41. The Morgan fingerprint density at radius 3 is 2.31 bits per heavy atom. The second-order valence-corrected chi connectivity index (χ2v) is 5.91. The summed E-state index contributed by atoms with van der Waals surface area (Å²) < 4.78 is 30.3. The van der Waals surface area contributed by atoms with E-state index >= 15 is 0 Å². The van der Waals surface area contributed by atoms with Crippen LogP contribution in [-0.4, -0.2) is 27.8 Å². The van der Waals surface area contributed by atoms with E-state index in [0.717, 1.165) is 11.3 Å². The number of ether oxygens (including phenoxy) is 1. The fourth-order valence-electron chi connectivity index (χ4n) is 1.40. The van der Waals surface area contributed by atoms with E-state index in [0.29, 0.717) is 6.42 Å². The molecule has 0 aliphatic carbocycles. The smallest absolute Gasteiger partial charge is 0.214 e. The Balaban J connectivity index is 2.74. The standard InChI is InChI=1S/C11H17NO3S/c1-9(16(13,14)12-2)8-10-4-6-11(15-3)7-5-10/h4-7,9,12H,8H2,1-3H3. The van der Waals surface area contributed by atoms with Crippen molar-refractivity contribution in [1.82, 2.24) is 4.72 Å². The molecular weight excluding hydrogens is 226 g/mol. The Morgan fingerprint density at radius 1 is 1.31 bits per heavy atom. The van der Waals surface area contributed by atoms with Crippen molar-refractivity contribution < 1.29 is 13.2 Å². The van der Waals surface area contributed by atoms with Crippen molar-refractivity contribution in [3.8, 4) is 5.75 Å². The van der Waals surface area contributed by atoms with Crippen LogP contribution in [0.15, 0.2) is 24.3 Å². The SMILES string of the molecule is CNS(=O)(=O)C(C)Cc1ccc(OC)cc1. The van der Waals surface area contributed by atoms with Crippen LogP contribution in [0.3, 0.4) is 0 Å². The highest BCUT2D eigenvalue weighted by Gasteiger charge is 2.18. The molecule has 1 unspecified atom stereocenters. The van der Waals surface area contributed by atoms with Gasteiger partial charge in [-0.05, 0) is 38.1 Å². The lowest BCUT2D eigenvalue weighted by Gasteiger charge is -2.11. The van der Waals surface area contributed by atoms with E-state index in [-0.39, 0.29) is 0 Å². The van der Waals surface area contributed by atoms with Gasteiger partial charge < -0.3 is 4.74 Å². The summed E-state index contributed by atoms with van der Waals surface area (Å²) in [5, 5.41) is -0.439. The van der Waals surface area contributed by atoms with Gasteiger partial charge in [0.2, 0.25) is 10.0 Å². The predicted octanol–water partition coefficient (Wildman–Crippen LogP) is 1.18. The molecule has 0 saturated heterocycles. The third-order valence-electron chi connectivity index (χ3n) is 2.50. The molecule has 0 bridgehead atoms. The maximum Gasteiger partial charge on any atom is 0.214 e. The molecule has 1 atom stereocenters. The molecular formula is C11H17NO3S. The minimum atomic E-state index is -3.19. The highest BCUT2D eigenvalue weighted by atomic mass is 32.2. The van der Waals surface area contributed by atoms with Gasteiger partial charge in [-0.25, -0.2) is 13.1 Å². The van der Waals surface area contributed by atoms with Gasteiger partial charge in [-0.1, -0.05) is 12.1 Å². The van der Waals surface area contributed by atoms with Crippen molar-refractivity contribution in [3.63, 3.8) is 0 Å². The van der Waals surface area contributed by atoms with Gasteiger partial charge in [-0.3, -0.25) is 0 Å². The lowest BCUT2D eigenvalue weighted by molar-refractivity contribution is 0.414. The molecule has 90 valence electrons. The van der Waals surface area contributed by atoms with E-state index in [1.54, 1.807) is 14.0 Å². The first-order chi connectivity index (χ1) is 7.49. The summed E-state index contributed by atoms with van der Waals surface area (Å²) in [6.07, 6.45) is 0.493. The summed E-state index contributed by atoms with van der Waals surface area (Å²) in [4.78, 5) is 0. The van der Waals surface area contributed by atoms with Gasteiger partial charge in [-0.15, -0.1) is 0 Å². The first kappa shape index (κ1) is 13.0. The van der Waals surface area contributed by atoms with Crippen LogP contribution in [0.5, 0.6) is 5.75 Å². The number of hydrogen-bond acceptors (Lipinski definition) is 3. The first-order valence-corrected chi connectivity index (χ1v) is 6.59. The average molecular weight is 243 g/mol. The van der Waals surface area contributed by atoms with Crippen LogP contribution in [0.1, 0.15) is 12.5 Å². The molecule has 0 spiro atoms. The number of rotatable bonds is 5. The topological polar surface area (TPSA) is 55.4 Å². The predicted molar refractivity (Wildman–Crippen MR) is 64.1 cm³/mol. The van der Waals surface area contributed by atoms with Gasteiger partial charge in [0.1, 0.15) is 5.75 Å². The van der Waals surface area contributed by atoms with Gasteiger partial charge in [-0.2, -0.15) is 0 Å². The van der Waals surface area contributed by atoms with E-state index in [1.807, 2.05) is 24.3 Å². The van der Waals surface area contributed by atoms with Crippen LogP contribution in [0.4, 0.5) is 0 Å². The van der Waals surface area contributed by atoms with E-state index < -0.39 is 15.3 Å². The summed E-state index contributed by atoms with van der Waals surface area (Å²) in [5.74, 6) is 0.771. The Hall–Kier alpha value is -1.07. The van der Waals surface area contributed by atoms with Crippen LogP contribution >= 0.6 is 0 Å². The average Bonchev–Trinajstić information content (AvgIpc) is 2.30. The van der Waals surface area contributed by atoms with Gasteiger partial charge in [0.25, 0.3) is 0 Å². The van der Waals surface area contributed by atoms with Gasteiger partial charge >= 0.3 is 0 Å². The molecule has 0 heterocycles. The first-order valence-electron chi connectivity index (χ1n) is 5.05. The maximum atomic E-state index is 11.5. The van der Waals surface area contributed by atoms with E-state index in [2.05, 4.69) is 4.72 Å². The molecule has 16 heavy (non-hydrogen) atoms. The van der Waals surface area contributed by atoms with Crippen LogP contribution in [0.2, 0.25) is 0 Å². The fraction of sp³-hybridized carbons (Fsp3) is 0.455. The zero-order valence-electron chi connectivity index (χ0n) is 9.73.